The molecule has 0 aliphatic carbocycles. The minimum Gasteiger partial charge on any atom is -0.274 e. The van der Waals surface area contributed by atoms with Crippen LogP contribution in [0.1, 0.15) is 0 Å². The maximum atomic E-state index is 7.21. The lowest BCUT2D eigenvalue weighted by molar-refractivity contribution is 1.21. The van der Waals surface area contributed by atoms with E-state index < -0.39 is 0 Å². The highest BCUT2D eigenvalue weighted by Gasteiger charge is 1.18. The van der Waals surface area contributed by atoms with Gasteiger partial charge < -0.3 is 0 Å². The smallest absolute Gasteiger partial charge is 0.0241 e. The van der Waals surface area contributed by atoms with E-state index in [0.29, 0.717) is 0 Å². The first-order valence-electron chi connectivity index (χ1n) is 1.32. The predicted molar refractivity (Wildman–Crippen MR) is 26.7 cm³/mol. The van der Waals surface area contributed by atoms with Gasteiger partial charge in [-0.2, -0.15) is 9.82 Å². The highest BCUT2D eigenvalue weighted by atomic mass is 15.3. The van der Waals surface area contributed by atoms with E-state index in [4.69, 9.17) is 11.1 Å². The van der Waals surface area contributed by atoms with E-state index in [1.54, 1.807) is 0 Å². The number of nitrogens with zero attached hydrogens (tertiary/aromatic N) is 6. The molecule has 0 fully saturated rings. The minimum atomic E-state index is 2.14. The molecule has 8 nitrogen and oxygen atoms in total. The van der Waals surface area contributed by atoms with Crippen LogP contribution in [0.5, 0.6) is 0 Å². The molecular formula is H4N8. The van der Waals surface area contributed by atoms with Crippen molar-refractivity contribution in [1.82, 2.24) is 0 Å². The maximum Gasteiger partial charge on any atom is -0.0241 e. The van der Waals surface area contributed by atoms with Gasteiger partial charge in [-0.1, -0.05) is 0 Å². The maximum absolute atomic E-state index is 7.21. The third-order valence-electron chi connectivity index (χ3n) is 0.103. The van der Waals surface area contributed by atoms with Crippen LogP contribution in [0.4, 0.5) is 0 Å². The van der Waals surface area contributed by atoms with Gasteiger partial charge in [0.2, 0.25) is 0 Å². The highest BCUT2D eigenvalue weighted by Crippen LogP contribution is 1.39. The van der Waals surface area contributed by atoms with Crippen molar-refractivity contribution in [2.75, 3.05) is 0 Å². The zero-order valence-electron chi connectivity index (χ0n) is 3.84. The third kappa shape index (κ3) is 904. The standard InChI is InChI=1S/2H2N4/c2*1-3-4-2/h2*1H2. The molecule has 0 rings (SSSR count). The van der Waals surface area contributed by atoms with E-state index in [1.807, 2.05) is 0 Å². The molecule has 0 heterocycles. The van der Waals surface area contributed by atoms with Gasteiger partial charge in [0.15, 0.2) is 0 Å². The first kappa shape index (κ1) is 9.52. The zero-order chi connectivity index (χ0) is 6.83. The van der Waals surface area contributed by atoms with E-state index in [9.17, 15) is 0 Å². The molecule has 0 atom stereocenters. The van der Waals surface area contributed by atoms with Crippen LogP contribution in [0.2, 0.25) is 0 Å². The van der Waals surface area contributed by atoms with Crippen LogP contribution in [-0.2, 0) is 0 Å². The number of rotatable bonds is 0. The van der Waals surface area contributed by atoms with Crippen LogP contribution in [0, 0.1) is 0 Å². The summed E-state index contributed by atoms with van der Waals surface area (Å²) in [5.41, 5.74) is 14.4. The number of nitrogens with two attached hydrogens (primary N) is 2. The Morgan fingerprint density at radius 1 is 1.00 bits per heavy atom. The second kappa shape index (κ2) is 18.9. The average Bonchev–Trinajstić information content (AvgIpc) is 1.88. The largest absolute Gasteiger partial charge is 0.274 e. The fraction of sp³-hybridized carbons (Fsp3) is 0. The predicted octanol–water partition coefficient (Wildman–Crippen LogP) is 0.341. The van der Waals surface area contributed by atoms with Gasteiger partial charge in [0, 0.05) is 0 Å². The molecular weight excluding hydrogens is 112 g/mol. The molecule has 0 saturated carbocycles. The van der Waals surface area contributed by atoms with E-state index >= 15 is 0 Å². The molecule has 0 unspecified atom stereocenters. The second-order valence-corrected chi connectivity index (χ2v) is 0.410. The molecule has 0 spiro atoms. The lowest BCUT2D eigenvalue weighted by Gasteiger charge is -1.44. The van der Waals surface area contributed by atoms with E-state index in [-0.39, 0.29) is 0 Å². The molecule has 0 saturated heterocycles. The molecule has 0 aromatic carbocycles. The number of azide groups is 2. The average molecular weight is 116 g/mol. The molecule has 0 bridgehead atoms. The summed E-state index contributed by atoms with van der Waals surface area (Å²) in [4.78, 5) is 4.28. The first-order chi connectivity index (χ1) is 3.83. The topological polar surface area (TPSA) is 150 Å². The third-order valence-corrected chi connectivity index (χ3v) is 0.103. The van der Waals surface area contributed by atoms with Gasteiger partial charge in [-0.15, -0.1) is 11.1 Å². The van der Waals surface area contributed by atoms with Crippen LogP contribution < -0.4 is 11.7 Å². The molecule has 8 heavy (non-hydrogen) atoms. The van der Waals surface area contributed by atoms with Crippen molar-refractivity contribution in [3.8, 4) is 0 Å². The summed E-state index contributed by atoms with van der Waals surface area (Å²) in [5.74, 6) is 8.47. The van der Waals surface area contributed by atoms with Gasteiger partial charge in [-0.05, 0) is 10.4 Å². The number of hydrogen-bond donors (Lipinski definition) is 2. The SMILES string of the molecule is [N-]=[N+]=NN.[N-]=[N+]=NN. The van der Waals surface area contributed by atoms with E-state index in [0.717, 1.165) is 0 Å². The van der Waals surface area contributed by atoms with Crippen LogP contribution in [0.15, 0.2) is 10.4 Å². The molecule has 4 N–H and O–H groups in total. The van der Waals surface area contributed by atoms with Crippen molar-refractivity contribution in [3.05, 3.63) is 20.9 Å². The Balaban J connectivity index is 0. The zero-order valence-corrected chi connectivity index (χ0v) is 3.84. The second-order valence-electron chi connectivity index (χ2n) is 0.410. The fourth-order valence-electron chi connectivity index (χ4n) is 0. The summed E-state index contributed by atoms with van der Waals surface area (Å²) < 4.78 is 0. The molecule has 0 aliphatic heterocycles. The molecule has 0 aromatic heterocycles. The molecule has 44 valence electrons. The van der Waals surface area contributed by atoms with Gasteiger partial charge in [0.25, 0.3) is 0 Å². The summed E-state index contributed by atoms with van der Waals surface area (Å²) in [6.07, 6.45) is 0. The van der Waals surface area contributed by atoms with Gasteiger partial charge >= 0.3 is 0 Å². The summed E-state index contributed by atoms with van der Waals surface area (Å²) >= 11 is 0. The van der Waals surface area contributed by atoms with Crippen LogP contribution >= 0.6 is 0 Å². The first-order valence-corrected chi connectivity index (χ1v) is 1.32. The van der Waals surface area contributed by atoms with Crippen molar-refractivity contribution in [2.45, 2.75) is 0 Å². The van der Waals surface area contributed by atoms with E-state index in [1.165, 1.54) is 0 Å². The van der Waals surface area contributed by atoms with Crippen molar-refractivity contribution in [1.29, 1.82) is 0 Å². The summed E-state index contributed by atoms with van der Waals surface area (Å²) in [6, 6.07) is 0. The lowest BCUT2D eigenvalue weighted by Crippen LogP contribution is -1.66. The molecule has 0 aromatic rings. The van der Waals surface area contributed by atoms with Crippen LogP contribution in [-0.4, -0.2) is 0 Å². The monoisotopic (exact) mass is 116 g/mol. The number of hydrogen-bond acceptors (Lipinski definition) is 2. The van der Waals surface area contributed by atoms with Gasteiger partial charge in [0.05, 0.1) is 0 Å². The summed E-state index contributed by atoms with van der Waals surface area (Å²) in [7, 11) is 0. The fourth-order valence-corrected chi connectivity index (χ4v) is 0. The summed E-state index contributed by atoms with van der Waals surface area (Å²) in [6.45, 7) is 0. The Bertz CT molecular complexity index is 92.0. The van der Waals surface area contributed by atoms with Gasteiger partial charge in [-0.3, -0.25) is 11.7 Å². The Morgan fingerprint density at radius 3 is 1.12 bits per heavy atom. The normalized spacial score (nSPS) is 4.00. The Labute approximate surface area is 44.3 Å². The van der Waals surface area contributed by atoms with E-state index in [2.05, 4.69) is 32.0 Å². The van der Waals surface area contributed by atoms with Crippen molar-refractivity contribution >= 4 is 0 Å². The van der Waals surface area contributed by atoms with Crippen molar-refractivity contribution < 1.29 is 0 Å². The quantitative estimate of drug-likeness (QED) is 0.154. The Hall–Kier alpha value is -1.78. The van der Waals surface area contributed by atoms with Gasteiger partial charge in [0.1, 0.15) is 0 Å². The minimum absolute atomic E-state index is 2.14. The van der Waals surface area contributed by atoms with Gasteiger partial charge in [-0.25, -0.2) is 0 Å². The summed E-state index contributed by atoms with van der Waals surface area (Å²) in [5, 5.41) is 4.83. The highest BCUT2D eigenvalue weighted by molar-refractivity contribution is 4.28. The Morgan fingerprint density at radius 2 is 1.12 bits per heavy atom. The van der Waals surface area contributed by atoms with Crippen LogP contribution in [0.3, 0.4) is 0 Å². The van der Waals surface area contributed by atoms with Crippen LogP contribution in [0.25, 0.3) is 20.9 Å². The molecule has 0 aliphatic rings. The van der Waals surface area contributed by atoms with Crippen molar-refractivity contribution in [2.24, 2.45) is 22.1 Å². The lowest BCUT2D eigenvalue weighted by atomic mass is 12.7. The Kier molecular flexibility index (Phi) is 22.4. The molecule has 0 radical (unpaired) electrons. The molecule has 0 amide bonds. The molecule has 8 heteroatoms. The van der Waals surface area contributed by atoms with Crippen molar-refractivity contribution in [3.63, 3.8) is 0 Å².